The van der Waals surface area contributed by atoms with Crippen molar-refractivity contribution in [3.05, 3.63) is 35.2 Å². The van der Waals surface area contributed by atoms with Gasteiger partial charge in [-0.2, -0.15) is 5.21 Å². The van der Waals surface area contributed by atoms with Gasteiger partial charge in [-0.15, -0.1) is 10.2 Å². The van der Waals surface area contributed by atoms with E-state index in [-0.39, 0.29) is 6.04 Å². The lowest BCUT2D eigenvalue weighted by Crippen LogP contribution is -2.25. The van der Waals surface area contributed by atoms with Crippen LogP contribution in [-0.4, -0.2) is 25.7 Å². The number of nitrogens with zero attached hydrogens (tertiary/aromatic N) is 3. The van der Waals surface area contributed by atoms with Gasteiger partial charge in [0.05, 0.1) is 6.54 Å². The molecule has 94 valence electrons. The molecule has 1 aliphatic rings. The maximum Gasteiger partial charge on any atom is 0.188 e. The van der Waals surface area contributed by atoms with Crippen LogP contribution >= 0.6 is 0 Å². The van der Waals surface area contributed by atoms with Gasteiger partial charge in [-0.1, -0.05) is 11.3 Å². The van der Waals surface area contributed by atoms with Crippen molar-refractivity contribution in [1.29, 1.82) is 0 Å². The Kier molecular flexibility index (Phi) is 2.93. The van der Waals surface area contributed by atoms with Crippen molar-refractivity contribution in [1.82, 2.24) is 25.9 Å². The minimum atomic E-state index is 0.249. The molecule has 3 N–H and O–H groups in total. The molecule has 6 heteroatoms. The molecule has 1 aromatic heterocycles. The number of hydrogen-bond acceptors (Lipinski definition) is 5. The van der Waals surface area contributed by atoms with E-state index in [2.05, 4.69) is 25.9 Å². The van der Waals surface area contributed by atoms with Gasteiger partial charge in [0.25, 0.3) is 0 Å². The van der Waals surface area contributed by atoms with Crippen molar-refractivity contribution in [3.63, 3.8) is 0 Å². The average molecular weight is 245 g/mol. The van der Waals surface area contributed by atoms with E-state index in [0.717, 1.165) is 19.3 Å². The van der Waals surface area contributed by atoms with E-state index in [9.17, 15) is 5.11 Å². The number of H-pyrrole nitrogens is 1. The Bertz CT molecular complexity index is 525. The molecule has 1 aliphatic carbocycles. The van der Waals surface area contributed by atoms with Gasteiger partial charge in [0, 0.05) is 6.04 Å². The first-order chi connectivity index (χ1) is 8.83. The van der Waals surface area contributed by atoms with Crippen LogP contribution in [-0.2, 0) is 13.0 Å². The highest BCUT2D eigenvalue weighted by Gasteiger charge is 2.20. The number of fused-ring (bicyclic) bond motifs is 1. The van der Waals surface area contributed by atoms with E-state index >= 15 is 0 Å². The van der Waals surface area contributed by atoms with Gasteiger partial charge < -0.3 is 10.4 Å². The third-order valence-corrected chi connectivity index (χ3v) is 3.34. The van der Waals surface area contributed by atoms with Crippen LogP contribution in [0.25, 0.3) is 0 Å². The SMILES string of the molecule is Oc1ccc2c(c1)C(NCc1nn[nH]n1)CCC2. The summed E-state index contributed by atoms with van der Waals surface area (Å²) in [5.74, 6) is 0.976. The Hall–Kier alpha value is -1.95. The van der Waals surface area contributed by atoms with Crippen LogP contribution in [0.5, 0.6) is 5.75 Å². The molecule has 1 unspecified atom stereocenters. The molecule has 0 radical (unpaired) electrons. The monoisotopic (exact) mass is 245 g/mol. The van der Waals surface area contributed by atoms with Gasteiger partial charge in [-0.3, -0.25) is 0 Å². The molecular formula is C12H15N5O. The smallest absolute Gasteiger partial charge is 0.188 e. The Balaban J connectivity index is 1.76. The van der Waals surface area contributed by atoms with Gasteiger partial charge in [-0.05, 0) is 42.5 Å². The third kappa shape index (κ3) is 2.19. The summed E-state index contributed by atoms with van der Waals surface area (Å²) in [4.78, 5) is 0. The molecule has 0 amide bonds. The molecule has 1 aromatic carbocycles. The summed E-state index contributed by atoms with van der Waals surface area (Å²) in [6.45, 7) is 0.580. The summed E-state index contributed by atoms with van der Waals surface area (Å²) in [5, 5.41) is 26.8. The number of aryl methyl sites for hydroxylation is 1. The maximum atomic E-state index is 9.59. The second kappa shape index (κ2) is 4.73. The van der Waals surface area contributed by atoms with E-state index in [4.69, 9.17) is 0 Å². The number of aromatic hydroxyl groups is 1. The minimum absolute atomic E-state index is 0.249. The first-order valence-corrected chi connectivity index (χ1v) is 6.10. The molecule has 0 saturated carbocycles. The Morgan fingerprint density at radius 2 is 2.39 bits per heavy atom. The van der Waals surface area contributed by atoms with Gasteiger partial charge in [0.1, 0.15) is 5.75 Å². The van der Waals surface area contributed by atoms with Gasteiger partial charge in [0.15, 0.2) is 5.82 Å². The number of nitrogens with one attached hydrogen (secondary N) is 2. The lowest BCUT2D eigenvalue weighted by atomic mass is 9.87. The van der Waals surface area contributed by atoms with Crippen LogP contribution in [0.1, 0.15) is 35.8 Å². The van der Waals surface area contributed by atoms with Gasteiger partial charge in [-0.25, -0.2) is 0 Å². The average Bonchev–Trinajstić information content (AvgIpc) is 2.89. The number of aromatic nitrogens is 4. The summed E-state index contributed by atoms with van der Waals surface area (Å²) < 4.78 is 0. The lowest BCUT2D eigenvalue weighted by molar-refractivity contribution is 0.441. The predicted octanol–water partition coefficient (Wildman–Crippen LogP) is 1.07. The first kappa shape index (κ1) is 11.2. The van der Waals surface area contributed by atoms with E-state index in [1.54, 1.807) is 6.07 Å². The Morgan fingerprint density at radius 3 is 3.22 bits per heavy atom. The quantitative estimate of drug-likeness (QED) is 0.753. The molecule has 0 aliphatic heterocycles. The zero-order chi connectivity index (χ0) is 12.4. The highest BCUT2D eigenvalue weighted by molar-refractivity contribution is 5.38. The number of rotatable bonds is 3. The van der Waals surface area contributed by atoms with Gasteiger partial charge >= 0.3 is 0 Å². The zero-order valence-electron chi connectivity index (χ0n) is 9.93. The molecule has 0 bridgehead atoms. The van der Waals surface area contributed by atoms with E-state index in [1.165, 1.54) is 11.1 Å². The van der Waals surface area contributed by atoms with E-state index in [0.29, 0.717) is 18.1 Å². The Labute approximate surface area is 104 Å². The van der Waals surface area contributed by atoms with Crippen molar-refractivity contribution >= 4 is 0 Å². The highest BCUT2D eigenvalue weighted by Crippen LogP contribution is 2.32. The summed E-state index contributed by atoms with van der Waals surface area (Å²) in [6, 6.07) is 5.86. The second-order valence-electron chi connectivity index (χ2n) is 4.54. The molecule has 18 heavy (non-hydrogen) atoms. The fraction of sp³-hybridized carbons (Fsp3) is 0.417. The van der Waals surface area contributed by atoms with Crippen molar-refractivity contribution in [2.45, 2.75) is 31.8 Å². The van der Waals surface area contributed by atoms with Crippen molar-refractivity contribution in [2.24, 2.45) is 0 Å². The maximum absolute atomic E-state index is 9.59. The van der Waals surface area contributed by atoms with Crippen molar-refractivity contribution < 1.29 is 5.11 Å². The summed E-state index contributed by atoms with van der Waals surface area (Å²) >= 11 is 0. The molecule has 6 nitrogen and oxygen atoms in total. The summed E-state index contributed by atoms with van der Waals surface area (Å²) in [7, 11) is 0. The third-order valence-electron chi connectivity index (χ3n) is 3.34. The molecular weight excluding hydrogens is 230 g/mol. The van der Waals surface area contributed by atoms with Crippen molar-refractivity contribution in [3.8, 4) is 5.75 Å². The highest BCUT2D eigenvalue weighted by atomic mass is 16.3. The fourth-order valence-corrected chi connectivity index (χ4v) is 2.47. The number of phenols is 1. The number of aromatic amines is 1. The van der Waals surface area contributed by atoms with E-state index < -0.39 is 0 Å². The van der Waals surface area contributed by atoms with Crippen LogP contribution in [0, 0.1) is 0 Å². The number of hydrogen-bond donors (Lipinski definition) is 3. The van der Waals surface area contributed by atoms with Gasteiger partial charge in [0.2, 0.25) is 0 Å². The molecule has 1 atom stereocenters. The van der Waals surface area contributed by atoms with E-state index in [1.807, 2.05) is 12.1 Å². The van der Waals surface area contributed by atoms with Crippen LogP contribution in [0.2, 0.25) is 0 Å². The largest absolute Gasteiger partial charge is 0.508 e. The van der Waals surface area contributed by atoms with Crippen molar-refractivity contribution in [2.75, 3.05) is 0 Å². The standard InChI is InChI=1S/C12H15N5O/c18-9-5-4-8-2-1-3-11(10(8)6-9)13-7-12-14-16-17-15-12/h4-6,11,13,18H,1-3,7H2,(H,14,15,16,17). The predicted molar refractivity (Wildman–Crippen MR) is 64.8 cm³/mol. The van der Waals surface area contributed by atoms with Crippen LogP contribution in [0.3, 0.4) is 0 Å². The molecule has 0 spiro atoms. The first-order valence-electron chi connectivity index (χ1n) is 6.10. The second-order valence-corrected chi connectivity index (χ2v) is 4.54. The number of benzene rings is 1. The zero-order valence-corrected chi connectivity index (χ0v) is 9.93. The number of tetrazole rings is 1. The Morgan fingerprint density at radius 1 is 1.44 bits per heavy atom. The van der Waals surface area contributed by atoms with Crippen LogP contribution in [0.4, 0.5) is 0 Å². The fourth-order valence-electron chi connectivity index (χ4n) is 2.47. The topological polar surface area (TPSA) is 86.7 Å². The minimum Gasteiger partial charge on any atom is -0.508 e. The molecule has 0 saturated heterocycles. The molecule has 3 rings (SSSR count). The molecule has 0 fully saturated rings. The van der Waals surface area contributed by atoms with Crippen LogP contribution in [0.15, 0.2) is 18.2 Å². The summed E-state index contributed by atoms with van der Waals surface area (Å²) in [5.41, 5.74) is 2.49. The molecule has 2 aromatic rings. The summed E-state index contributed by atoms with van der Waals surface area (Å²) in [6.07, 6.45) is 3.30. The number of phenolic OH excluding ortho intramolecular Hbond substituents is 1. The molecule has 1 heterocycles. The lowest BCUT2D eigenvalue weighted by Gasteiger charge is -2.26. The normalized spacial score (nSPS) is 18.6. The van der Waals surface area contributed by atoms with Crippen LogP contribution < -0.4 is 5.32 Å².